The van der Waals surface area contributed by atoms with E-state index in [9.17, 15) is 9.59 Å². The largest absolute Gasteiger partial charge is 0.481 e. The van der Waals surface area contributed by atoms with Crippen LogP contribution in [0, 0.1) is 5.92 Å². The van der Waals surface area contributed by atoms with Gasteiger partial charge in [-0.3, -0.25) is 9.59 Å². The SMILES string of the molecule is O=C(O)Cc1ccc(NC(=O)C2CC3CCC2O3)cc1. The minimum absolute atomic E-state index is 0.00295. The van der Waals surface area contributed by atoms with Crippen molar-refractivity contribution in [3.8, 4) is 0 Å². The lowest BCUT2D eigenvalue weighted by Crippen LogP contribution is -2.30. The molecule has 2 aliphatic heterocycles. The van der Waals surface area contributed by atoms with Gasteiger partial charge in [-0.2, -0.15) is 0 Å². The van der Waals surface area contributed by atoms with Crippen LogP contribution in [-0.2, 0) is 20.7 Å². The molecule has 2 aliphatic rings. The molecule has 0 aliphatic carbocycles. The molecule has 0 aromatic heterocycles. The topological polar surface area (TPSA) is 75.6 Å². The van der Waals surface area contributed by atoms with Gasteiger partial charge in [-0.1, -0.05) is 12.1 Å². The second-order valence-corrected chi connectivity index (χ2v) is 5.47. The minimum Gasteiger partial charge on any atom is -0.481 e. The van der Waals surface area contributed by atoms with Crippen molar-refractivity contribution in [1.82, 2.24) is 0 Å². The molecule has 1 amide bonds. The van der Waals surface area contributed by atoms with E-state index in [0.717, 1.165) is 24.8 Å². The number of benzene rings is 1. The summed E-state index contributed by atoms with van der Waals surface area (Å²) >= 11 is 0. The van der Waals surface area contributed by atoms with E-state index in [1.54, 1.807) is 24.3 Å². The van der Waals surface area contributed by atoms with Crippen LogP contribution in [0.2, 0.25) is 0 Å². The molecule has 2 N–H and O–H groups in total. The van der Waals surface area contributed by atoms with E-state index >= 15 is 0 Å². The average molecular weight is 275 g/mol. The van der Waals surface area contributed by atoms with E-state index in [1.807, 2.05) is 0 Å². The van der Waals surface area contributed by atoms with Crippen LogP contribution in [0.5, 0.6) is 0 Å². The van der Waals surface area contributed by atoms with Crippen molar-refractivity contribution >= 4 is 17.6 Å². The van der Waals surface area contributed by atoms with Crippen LogP contribution in [0.1, 0.15) is 24.8 Å². The van der Waals surface area contributed by atoms with E-state index in [4.69, 9.17) is 9.84 Å². The molecule has 2 bridgehead atoms. The number of hydrogen-bond acceptors (Lipinski definition) is 3. The molecule has 0 radical (unpaired) electrons. The molecule has 3 atom stereocenters. The zero-order valence-electron chi connectivity index (χ0n) is 11.0. The van der Waals surface area contributed by atoms with Crippen LogP contribution >= 0.6 is 0 Å². The van der Waals surface area contributed by atoms with E-state index in [1.165, 1.54) is 0 Å². The number of carbonyl (C=O) groups excluding carboxylic acids is 1. The number of carboxylic acids is 1. The van der Waals surface area contributed by atoms with Crippen LogP contribution in [0.15, 0.2) is 24.3 Å². The van der Waals surface area contributed by atoms with Gasteiger partial charge in [0.2, 0.25) is 5.91 Å². The first-order chi connectivity index (χ1) is 9.61. The first-order valence-electron chi connectivity index (χ1n) is 6.89. The first-order valence-corrected chi connectivity index (χ1v) is 6.89. The van der Waals surface area contributed by atoms with Gasteiger partial charge in [-0.05, 0) is 37.0 Å². The molecule has 3 unspecified atom stereocenters. The number of hydrogen-bond donors (Lipinski definition) is 2. The summed E-state index contributed by atoms with van der Waals surface area (Å²) in [6, 6.07) is 6.93. The molecule has 0 saturated carbocycles. The van der Waals surface area contributed by atoms with Crippen molar-refractivity contribution in [2.45, 2.75) is 37.9 Å². The zero-order valence-corrected chi connectivity index (χ0v) is 11.0. The summed E-state index contributed by atoms with van der Waals surface area (Å²) in [5.74, 6) is -0.906. The Balaban J connectivity index is 1.60. The molecule has 5 nitrogen and oxygen atoms in total. The Hall–Kier alpha value is -1.88. The molecule has 20 heavy (non-hydrogen) atoms. The van der Waals surface area contributed by atoms with Crippen molar-refractivity contribution in [3.05, 3.63) is 29.8 Å². The Morgan fingerprint density at radius 1 is 1.25 bits per heavy atom. The Bertz CT molecular complexity index is 525. The van der Waals surface area contributed by atoms with Gasteiger partial charge >= 0.3 is 5.97 Å². The van der Waals surface area contributed by atoms with E-state index in [-0.39, 0.29) is 30.5 Å². The highest BCUT2D eigenvalue weighted by atomic mass is 16.5. The highest BCUT2D eigenvalue weighted by Crippen LogP contribution is 2.39. The lowest BCUT2D eigenvalue weighted by Gasteiger charge is -2.18. The summed E-state index contributed by atoms with van der Waals surface area (Å²) in [5, 5.41) is 11.6. The smallest absolute Gasteiger partial charge is 0.307 e. The quantitative estimate of drug-likeness (QED) is 0.879. The van der Waals surface area contributed by atoms with E-state index in [2.05, 4.69) is 5.32 Å². The number of anilines is 1. The zero-order chi connectivity index (χ0) is 14.1. The van der Waals surface area contributed by atoms with Crippen LogP contribution in [0.3, 0.4) is 0 Å². The highest BCUT2D eigenvalue weighted by Gasteiger charge is 2.44. The second-order valence-electron chi connectivity index (χ2n) is 5.47. The number of ether oxygens (including phenoxy) is 1. The summed E-state index contributed by atoms with van der Waals surface area (Å²) in [5.41, 5.74) is 1.42. The predicted molar refractivity (Wildman–Crippen MR) is 72.4 cm³/mol. The maximum absolute atomic E-state index is 12.2. The standard InChI is InChI=1S/C15H17NO4/c17-14(18)7-9-1-3-10(4-2-9)16-15(19)12-8-11-5-6-13(12)20-11/h1-4,11-13H,5-8H2,(H,16,19)(H,17,18). The van der Waals surface area contributed by atoms with Gasteiger partial charge in [0.15, 0.2) is 0 Å². The van der Waals surface area contributed by atoms with Gasteiger partial charge in [0.1, 0.15) is 0 Å². The summed E-state index contributed by atoms with van der Waals surface area (Å²) in [6.45, 7) is 0. The van der Waals surface area contributed by atoms with Gasteiger partial charge < -0.3 is 15.2 Å². The summed E-state index contributed by atoms with van der Waals surface area (Å²) < 4.78 is 5.68. The summed E-state index contributed by atoms with van der Waals surface area (Å²) in [4.78, 5) is 22.8. The van der Waals surface area contributed by atoms with Crippen molar-refractivity contribution < 1.29 is 19.4 Å². The number of fused-ring (bicyclic) bond motifs is 2. The van der Waals surface area contributed by atoms with Crippen molar-refractivity contribution in [1.29, 1.82) is 0 Å². The predicted octanol–water partition coefficient (Wildman–Crippen LogP) is 1.82. The highest BCUT2D eigenvalue weighted by molar-refractivity contribution is 5.93. The van der Waals surface area contributed by atoms with Gasteiger partial charge in [0.05, 0.1) is 24.5 Å². The van der Waals surface area contributed by atoms with Crippen LogP contribution < -0.4 is 5.32 Å². The van der Waals surface area contributed by atoms with Crippen molar-refractivity contribution in [2.75, 3.05) is 5.32 Å². The number of aliphatic carboxylic acids is 1. The van der Waals surface area contributed by atoms with Gasteiger partial charge in [0, 0.05) is 5.69 Å². The minimum atomic E-state index is -0.860. The number of nitrogens with one attached hydrogen (secondary N) is 1. The van der Waals surface area contributed by atoms with Gasteiger partial charge in [-0.15, -0.1) is 0 Å². The third kappa shape index (κ3) is 2.67. The maximum Gasteiger partial charge on any atom is 0.307 e. The fraction of sp³-hybridized carbons (Fsp3) is 0.467. The molecule has 2 fully saturated rings. The van der Waals surface area contributed by atoms with Crippen LogP contribution in [0.4, 0.5) is 5.69 Å². The third-order valence-corrected chi connectivity index (χ3v) is 4.02. The Labute approximate surface area is 116 Å². The molecular weight excluding hydrogens is 258 g/mol. The monoisotopic (exact) mass is 275 g/mol. The Kier molecular flexibility index (Phi) is 3.44. The maximum atomic E-state index is 12.2. The lowest BCUT2D eigenvalue weighted by atomic mass is 9.88. The average Bonchev–Trinajstić information content (AvgIpc) is 3.03. The summed E-state index contributed by atoms with van der Waals surface area (Å²) in [7, 11) is 0. The molecule has 106 valence electrons. The summed E-state index contributed by atoms with van der Waals surface area (Å²) in [6.07, 6.45) is 3.18. The van der Waals surface area contributed by atoms with Crippen molar-refractivity contribution in [3.63, 3.8) is 0 Å². The molecular formula is C15H17NO4. The second kappa shape index (κ2) is 5.25. The third-order valence-electron chi connectivity index (χ3n) is 4.02. The first kappa shape index (κ1) is 13.1. The molecule has 2 saturated heterocycles. The molecule has 1 aromatic carbocycles. The Morgan fingerprint density at radius 2 is 2.00 bits per heavy atom. The number of amides is 1. The fourth-order valence-corrected chi connectivity index (χ4v) is 3.03. The number of rotatable bonds is 4. The van der Waals surface area contributed by atoms with Crippen LogP contribution in [-0.4, -0.2) is 29.2 Å². The molecule has 1 aromatic rings. The fourth-order valence-electron chi connectivity index (χ4n) is 3.03. The molecule has 0 spiro atoms. The molecule has 2 heterocycles. The number of carbonyl (C=O) groups is 2. The van der Waals surface area contributed by atoms with E-state index in [0.29, 0.717) is 5.69 Å². The Morgan fingerprint density at radius 3 is 2.55 bits per heavy atom. The molecule has 5 heteroatoms. The normalized spacial score (nSPS) is 27.5. The lowest BCUT2D eigenvalue weighted by molar-refractivity contribution is -0.136. The van der Waals surface area contributed by atoms with Crippen LogP contribution in [0.25, 0.3) is 0 Å². The van der Waals surface area contributed by atoms with Gasteiger partial charge in [-0.25, -0.2) is 0 Å². The van der Waals surface area contributed by atoms with Crippen molar-refractivity contribution in [2.24, 2.45) is 5.92 Å². The van der Waals surface area contributed by atoms with E-state index < -0.39 is 5.97 Å². The van der Waals surface area contributed by atoms with Gasteiger partial charge in [0.25, 0.3) is 0 Å². The number of carboxylic acid groups (broad SMARTS) is 1. The molecule has 3 rings (SSSR count).